The highest BCUT2D eigenvalue weighted by molar-refractivity contribution is 5.89. The van der Waals surface area contributed by atoms with E-state index in [1.54, 1.807) is 0 Å². The largest absolute Gasteiger partial charge is 0.321 e. The van der Waals surface area contributed by atoms with Crippen molar-refractivity contribution in [2.75, 3.05) is 5.32 Å². The van der Waals surface area contributed by atoms with Gasteiger partial charge in [0.2, 0.25) is 6.54 Å². The van der Waals surface area contributed by atoms with Crippen LogP contribution < -0.4 is 9.88 Å². The molecule has 3 rings (SSSR count). The summed E-state index contributed by atoms with van der Waals surface area (Å²) < 4.78 is 1.89. The van der Waals surface area contributed by atoms with E-state index in [0.29, 0.717) is 5.92 Å². The maximum absolute atomic E-state index is 12.3. The Morgan fingerprint density at radius 2 is 1.45 bits per heavy atom. The maximum Gasteiger partial charge on any atom is 0.290 e. The van der Waals surface area contributed by atoms with Crippen molar-refractivity contribution in [3.05, 3.63) is 84.7 Å². The first-order valence-electron chi connectivity index (χ1n) is 10.0. The van der Waals surface area contributed by atoms with E-state index < -0.39 is 0 Å². The van der Waals surface area contributed by atoms with E-state index in [1.165, 1.54) is 5.56 Å². The van der Waals surface area contributed by atoms with E-state index in [0.717, 1.165) is 29.9 Å². The molecule has 0 saturated heterocycles. The van der Waals surface area contributed by atoms with Crippen LogP contribution >= 0.6 is 0 Å². The summed E-state index contributed by atoms with van der Waals surface area (Å²) >= 11 is 0. The molecule has 0 spiro atoms. The van der Waals surface area contributed by atoms with Gasteiger partial charge in [0.1, 0.15) is 0 Å². The molecule has 0 aliphatic carbocycles. The number of aromatic nitrogens is 1. The Labute approximate surface area is 172 Å². The summed E-state index contributed by atoms with van der Waals surface area (Å²) in [4.78, 5) is 12.3. The Morgan fingerprint density at radius 3 is 2.03 bits per heavy atom. The van der Waals surface area contributed by atoms with E-state index in [2.05, 4.69) is 41.5 Å². The summed E-state index contributed by atoms with van der Waals surface area (Å²) in [5.74, 6) is 0.514. The van der Waals surface area contributed by atoms with Crippen LogP contribution in [-0.4, -0.2) is 5.91 Å². The van der Waals surface area contributed by atoms with Crippen molar-refractivity contribution in [3.8, 4) is 0 Å². The monoisotopic (exact) mass is 387 g/mol. The first-order chi connectivity index (χ1) is 14.2. The molecule has 2 aromatic carbocycles. The number of amides is 1. The van der Waals surface area contributed by atoms with Crippen molar-refractivity contribution < 1.29 is 9.36 Å². The molecule has 3 aromatic rings. The van der Waals surface area contributed by atoms with Crippen LogP contribution in [0, 0.1) is 0 Å². The van der Waals surface area contributed by atoms with E-state index in [9.17, 15) is 4.79 Å². The van der Waals surface area contributed by atoms with E-state index in [1.807, 2.05) is 71.6 Å². The molecular formula is C24H27N4O+. The number of rotatable bonds is 8. The van der Waals surface area contributed by atoms with Crippen LogP contribution in [0.3, 0.4) is 0 Å². The van der Waals surface area contributed by atoms with Crippen LogP contribution in [0.4, 0.5) is 17.1 Å². The van der Waals surface area contributed by atoms with Crippen LogP contribution in [0.5, 0.6) is 0 Å². The van der Waals surface area contributed by atoms with Gasteiger partial charge in [-0.3, -0.25) is 4.79 Å². The van der Waals surface area contributed by atoms with Crippen molar-refractivity contribution >= 4 is 23.0 Å². The second kappa shape index (κ2) is 10.3. The van der Waals surface area contributed by atoms with E-state index >= 15 is 0 Å². The van der Waals surface area contributed by atoms with Gasteiger partial charge in [0.15, 0.2) is 12.4 Å². The molecule has 0 fully saturated rings. The third-order valence-electron chi connectivity index (χ3n) is 4.89. The number of hydrogen-bond donors (Lipinski definition) is 1. The lowest BCUT2D eigenvalue weighted by Gasteiger charge is -2.11. The second-order valence-corrected chi connectivity index (χ2v) is 6.95. The molecule has 0 bridgehead atoms. The van der Waals surface area contributed by atoms with Gasteiger partial charge in [-0.05, 0) is 60.7 Å². The molecule has 5 heteroatoms. The molecule has 0 unspecified atom stereocenters. The molecule has 1 N–H and O–H groups in total. The summed E-state index contributed by atoms with van der Waals surface area (Å²) in [7, 11) is 0. The fourth-order valence-corrected chi connectivity index (χ4v) is 3.19. The topological polar surface area (TPSA) is 57.7 Å². The second-order valence-electron chi connectivity index (χ2n) is 6.95. The molecule has 1 amide bonds. The number of hydrogen-bond acceptors (Lipinski definition) is 3. The zero-order chi connectivity index (χ0) is 20.5. The van der Waals surface area contributed by atoms with Crippen LogP contribution in [0.1, 0.15) is 38.2 Å². The molecule has 1 heterocycles. The quantitative estimate of drug-likeness (QED) is 0.378. The minimum absolute atomic E-state index is 0.0658. The van der Waals surface area contributed by atoms with Crippen molar-refractivity contribution in [2.24, 2.45) is 10.2 Å². The zero-order valence-corrected chi connectivity index (χ0v) is 17.0. The Hall–Kier alpha value is -3.34. The standard InChI is InChI=1S/C24H26N4O/c1-3-19(4-2)20-14-16-28(17-15-20)18-24(29)25-21-10-12-23(13-11-21)27-26-22-8-6-5-7-9-22/h5-17,19H,3-4,18H2,1-2H3/p+1. The fraction of sp³-hybridized carbons (Fsp3) is 0.250. The SMILES string of the molecule is CCC(CC)c1cc[n+](CC(=O)Nc2ccc(N=Nc3ccccc3)cc2)cc1. The Balaban J connectivity index is 1.54. The highest BCUT2D eigenvalue weighted by Gasteiger charge is 2.12. The summed E-state index contributed by atoms with van der Waals surface area (Å²) in [5.41, 5.74) is 3.60. The summed E-state index contributed by atoms with van der Waals surface area (Å²) in [6.45, 7) is 4.69. The van der Waals surface area contributed by atoms with E-state index in [-0.39, 0.29) is 12.5 Å². The van der Waals surface area contributed by atoms with Gasteiger partial charge in [-0.15, -0.1) is 0 Å². The highest BCUT2D eigenvalue weighted by atomic mass is 16.1. The number of nitrogens with one attached hydrogen (secondary N) is 1. The third kappa shape index (κ3) is 6.07. The maximum atomic E-state index is 12.3. The molecule has 5 nitrogen and oxygen atoms in total. The van der Waals surface area contributed by atoms with Crippen LogP contribution in [-0.2, 0) is 11.3 Å². The number of nitrogens with zero attached hydrogens (tertiary/aromatic N) is 3. The van der Waals surface area contributed by atoms with Gasteiger partial charge in [-0.2, -0.15) is 14.8 Å². The molecule has 148 valence electrons. The van der Waals surface area contributed by atoms with Crippen molar-refractivity contribution in [3.63, 3.8) is 0 Å². The number of carbonyl (C=O) groups excluding carboxylic acids is 1. The smallest absolute Gasteiger partial charge is 0.290 e. The van der Waals surface area contributed by atoms with Crippen LogP contribution in [0.15, 0.2) is 89.4 Å². The number of azo groups is 1. The Bertz CT molecular complexity index is 931. The molecule has 0 saturated carbocycles. The third-order valence-corrected chi connectivity index (χ3v) is 4.89. The molecule has 29 heavy (non-hydrogen) atoms. The predicted octanol–water partition coefficient (Wildman–Crippen LogP) is 5.93. The lowest BCUT2D eigenvalue weighted by atomic mass is 9.95. The van der Waals surface area contributed by atoms with Gasteiger partial charge in [0.05, 0.1) is 11.4 Å². The predicted molar refractivity (Wildman–Crippen MR) is 116 cm³/mol. The van der Waals surface area contributed by atoms with E-state index in [4.69, 9.17) is 0 Å². The molecule has 0 aliphatic heterocycles. The lowest BCUT2D eigenvalue weighted by Crippen LogP contribution is -2.39. The Morgan fingerprint density at radius 1 is 0.862 bits per heavy atom. The molecule has 1 aromatic heterocycles. The molecule has 0 atom stereocenters. The average Bonchev–Trinajstić information content (AvgIpc) is 2.76. The first kappa shape index (κ1) is 20.4. The van der Waals surface area contributed by atoms with Crippen molar-refractivity contribution in [1.29, 1.82) is 0 Å². The number of carbonyl (C=O) groups is 1. The summed E-state index contributed by atoms with van der Waals surface area (Å²) in [6.07, 6.45) is 6.20. The number of pyridine rings is 1. The average molecular weight is 388 g/mol. The number of anilines is 1. The number of benzene rings is 2. The normalized spacial score (nSPS) is 11.1. The minimum Gasteiger partial charge on any atom is -0.321 e. The summed E-state index contributed by atoms with van der Waals surface area (Å²) in [5, 5.41) is 11.3. The van der Waals surface area contributed by atoms with Crippen molar-refractivity contribution in [1.82, 2.24) is 0 Å². The van der Waals surface area contributed by atoms with Crippen molar-refractivity contribution in [2.45, 2.75) is 39.2 Å². The van der Waals surface area contributed by atoms with Gasteiger partial charge in [-0.1, -0.05) is 32.0 Å². The summed E-state index contributed by atoms with van der Waals surface area (Å²) in [6, 6.07) is 21.1. The molecular weight excluding hydrogens is 360 g/mol. The fourth-order valence-electron chi connectivity index (χ4n) is 3.19. The van der Waals surface area contributed by atoms with Crippen LogP contribution in [0.2, 0.25) is 0 Å². The molecule has 0 radical (unpaired) electrons. The first-order valence-corrected chi connectivity index (χ1v) is 10.0. The van der Waals surface area contributed by atoms with Gasteiger partial charge >= 0.3 is 0 Å². The molecule has 0 aliphatic rings. The van der Waals surface area contributed by atoms with Gasteiger partial charge < -0.3 is 5.32 Å². The zero-order valence-electron chi connectivity index (χ0n) is 17.0. The van der Waals surface area contributed by atoms with Crippen LogP contribution in [0.25, 0.3) is 0 Å². The van der Waals surface area contributed by atoms with Gasteiger partial charge in [0.25, 0.3) is 5.91 Å². The van der Waals surface area contributed by atoms with Gasteiger partial charge in [0, 0.05) is 17.8 Å². The Kier molecular flexibility index (Phi) is 7.22. The highest BCUT2D eigenvalue weighted by Crippen LogP contribution is 2.21. The van der Waals surface area contributed by atoms with Gasteiger partial charge in [-0.25, -0.2) is 0 Å². The lowest BCUT2D eigenvalue weighted by molar-refractivity contribution is -0.684. The minimum atomic E-state index is -0.0658.